The lowest BCUT2D eigenvalue weighted by atomic mass is 9.92. The van der Waals surface area contributed by atoms with Crippen LogP contribution in [0.15, 0.2) is 0 Å². The molecule has 0 aromatic rings. The third-order valence-electron chi connectivity index (χ3n) is 4.31. The van der Waals surface area contributed by atoms with E-state index in [4.69, 9.17) is 0 Å². The summed E-state index contributed by atoms with van der Waals surface area (Å²) in [6.45, 7) is 13.4. The van der Waals surface area contributed by atoms with Gasteiger partial charge in [0.05, 0.1) is 6.54 Å². The summed E-state index contributed by atoms with van der Waals surface area (Å²) < 4.78 is 0. The second kappa shape index (κ2) is 9.96. The van der Waals surface area contributed by atoms with Crippen LogP contribution in [-0.4, -0.2) is 61.5 Å². The molecule has 1 heterocycles. The van der Waals surface area contributed by atoms with Crippen LogP contribution in [0.4, 0.5) is 0 Å². The van der Waals surface area contributed by atoms with Crippen LogP contribution in [0.25, 0.3) is 0 Å². The minimum absolute atomic E-state index is 0. The highest BCUT2D eigenvalue weighted by Crippen LogP contribution is 2.27. The van der Waals surface area contributed by atoms with Gasteiger partial charge in [0.25, 0.3) is 0 Å². The predicted octanol–water partition coefficient (Wildman–Crippen LogP) is 2.41. The summed E-state index contributed by atoms with van der Waals surface area (Å²) in [7, 11) is 0. The fourth-order valence-corrected chi connectivity index (χ4v) is 2.53. The summed E-state index contributed by atoms with van der Waals surface area (Å²) in [5, 5.41) is 3.30. The minimum Gasteiger partial charge on any atom is -0.339 e. The second-order valence-corrected chi connectivity index (χ2v) is 7.61. The molecule has 0 bridgehead atoms. The van der Waals surface area contributed by atoms with Crippen molar-refractivity contribution in [1.82, 2.24) is 15.1 Å². The molecule has 6 heteroatoms. The molecular weight excluding hydrogens is 321 g/mol. The van der Waals surface area contributed by atoms with Crippen LogP contribution in [0.3, 0.4) is 0 Å². The first-order valence-electron chi connectivity index (χ1n) is 8.15. The molecule has 1 amide bonds. The van der Waals surface area contributed by atoms with Crippen LogP contribution in [0.2, 0.25) is 0 Å². The zero-order valence-corrected chi connectivity index (χ0v) is 15.9. The first-order chi connectivity index (χ1) is 9.44. The molecule has 1 N–H and O–H groups in total. The Morgan fingerprint density at radius 2 is 1.68 bits per heavy atom. The van der Waals surface area contributed by atoms with Crippen molar-refractivity contribution in [3.63, 3.8) is 0 Å². The van der Waals surface area contributed by atoms with Crippen LogP contribution in [0, 0.1) is 11.3 Å². The summed E-state index contributed by atoms with van der Waals surface area (Å²) in [6, 6.07) is 0. The number of piperazine rings is 1. The molecule has 1 aliphatic carbocycles. The second-order valence-electron chi connectivity index (χ2n) is 7.61. The Bertz CT molecular complexity index is 322. The van der Waals surface area contributed by atoms with E-state index in [1.807, 2.05) is 4.90 Å². The number of nitrogens with one attached hydrogen (secondary N) is 1. The summed E-state index contributed by atoms with van der Waals surface area (Å²) in [6.07, 6.45) is 3.91. The molecule has 2 aliphatic rings. The number of carbonyl (C=O) groups excluding carboxylic acids is 1. The maximum Gasteiger partial charge on any atom is 0.236 e. The highest BCUT2D eigenvalue weighted by atomic mass is 35.5. The lowest BCUT2D eigenvalue weighted by Crippen LogP contribution is -2.51. The van der Waals surface area contributed by atoms with Crippen molar-refractivity contribution in [1.29, 1.82) is 0 Å². The largest absolute Gasteiger partial charge is 0.339 e. The quantitative estimate of drug-likeness (QED) is 0.796. The zero-order chi connectivity index (χ0) is 14.6. The van der Waals surface area contributed by atoms with E-state index in [1.165, 1.54) is 19.3 Å². The first-order valence-corrected chi connectivity index (χ1v) is 8.15. The van der Waals surface area contributed by atoms with Gasteiger partial charge in [0.15, 0.2) is 0 Å². The molecule has 0 atom stereocenters. The number of halogens is 2. The number of hydrogen-bond donors (Lipinski definition) is 1. The van der Waals surface area contributed by atoms with Gasteiger partial charge in [-0.2, -0.15) is 0 Å². The van der Waals surface area contributed by atoms with E-state index in [2.05, 4.69) is 31.0 Å². The summed E-state index contributed by atoms with van der Waals surface area (Å²) >= 11 is 0. The van der Waals surface area contributed by atoms with Crippen molar-refractivity contribution in [3.8, 4) is 0 Å². The average Bonchev–Trinajstić information content (AvgIpc) is 3.20. The van der Waals surface area contributed by atoms with Gasteiger partial charge in [-0.25, -0.2) is 0 Å². The molecule has 4 nitrogen and oxygen atoms in total. The normalized spacial score (nSPS) is 19.3. The molecule has 0 aromatic heterocycles. The summed E-state index contributed by atoms with van der Waals surface area (Å²) in [5.41, 5.74) is 0.402. The Kier molecular flexibility index (Phi) is 9.95. The molecule has 0 unspecified atom stereocenters. The molecule has 2 rings (SSSR count). The van der Waals surface area contributed by atoms with Crippen LogP contribution >= 0.6 is 24.8 Å². The number of rotatable bonds is 6. The van der Waals surface area contributed by atoms with E-state index in [9.17, 15) is 4.79 Å². The van der Waals surface area contributed by atoms with Gasteiger partial charge >= 0.3 is 0 Å². The third-order valence-corrected chi connectivity index (χ3v) is 4.31. The minimum atomic E-state index is 0. The summed E-state index contributed by atoms with van der Waals surface area (Å²) in [5.74, 6) is 1.12. The highest BCUT2D eigenvalue weighted by Gasteiger charge is 2.23. The van der Waals surface area contributed by atoms with Crippen LogP contribution in [-0.2, 0) is 4.79 Å². The molecule has 22 heavy (non-hydrogen) atoms. The fourth-order valence-electron chi connectivity index (χ4n) is 2.53. The molecule has 0 aromatic carbocycles. The smallest absolute Gasteiger partial charge is 0.236 e. The van der Waals surface area contributed by atoms with Crippen molar-refractivity contribution in [3.05, 3.63) is 0 Å². The Morgan fingerprint density at radius 1 is 1.09 bits per heavy atom. The summed E-state index contributed by atoms with van der Waals surface area (Å²) in [4.78, 5) is 16.6. The topological polar surface area (TPSA) is 35.6 Å². The molecule has 132 valence electrons. The zero-order valence-electron chi connectivity index (χ0n) is 14.3. The maximum absolute atomic E-state index is 12.1. The monoisotopic (exact) mass is 353 g/mol. The van der Waals surface area contributed by atoms with Crippen LogP contribution in [0.1, 0.15) is 40.0 Å². The number of hydrogen-bond acceptors (Lipinski definition) is 3. The van der Waals surface area contributed by atoms with Gasteiger partial charge in [-0.05, 0) is 43.7 Å². The van der Waals surface area contributed by atoms with Crippen molar-refractivity contribution < 1.29 is 4.79 Å². The van der Waals surface area contributed by atoms with E-state index < -0.39 is 0 Å². The van der Waals surface area contributed by atoms with Crippen molar-refractivity contribution in [2.24, 2.45) is 11.3 Å². The van der Waals surface area contributed by atoms with E-state index in [0.717, 1.165) is 45.2 Å². The average molecular weight is 354 g/mol. The molecular formula is C16H33Cl2N3O. The number of carbonyl (C=O) groups is 1. The third kappa shape index (κ3) is 8.56. The van der Waals surface area contributed by atoms with Gasteiger partial charge in [0.2, 0.25) is 5.91 Å². The van der Waals surface area contributed by atoms with Gasteiger partial charge in [-0.15, -0.1) is 24.8 Å². The van der Waals surface area contributed by atoms with Crippen molar-refractivity contribution >= 4 is 30.7 Å². The highest BCUT2D eigenvalue weighted by molar-refractivity contribution is 5.85. The van der Waals surface area contributed by atoms with E-state index in [-0.39, 0.29) is 30.7 Å². The van der Waals surface area contributed by atoms with Crippen LogP contribution in [0.5, 0.6) is 0 Å². The Morgan fingerprint density at radius 3 is 2.18 bits per heavy atom. The first kappa shape index (κ1) is 22.0. The fraction of sp³-hybridized carbons (Fsp3) is 0.938. The Balaban J connectivity index is 0.00000220. The maximum atomic E-state index is 12.1. The van der Waals surface area contributed by atoms with Crippen molar-refractivity contribution in [2.75, 3.05) is 45.8 Å². The lowest BCUT2D eigenvalue weighted by Gasteiger charge is -2.36. The van der Waals surface area contributed by atoms with Crippen LogP contribution < -0.4 is 5.32 Å². The van der Waals surface area contributed by atoms with Gasteiger partial charge < -0.3 is 10.2 Å². The lowest BCUT2D eigenvalue weighted by molar-refractivity contribution is -0.132. The van der Waals surface area contributed by atoms with Crippen molar-refractivity contribution in [2.45, 2.75) is 40.0 Å². The number of amides is 1. The number of nitrogens with zero attached hydrogens (tertiary/aromatic N) is 2. The van der Waals surface area contributed by atoms with Gasteiger partial charge in [-0.1, -0.05) is 20.8 Å². The predicted molar refractivity (Wildman–Crippen MR) is 97.2 cm³/mol. The molecule has 0 spiro atoms. The molecule has 1 aliphatic heterocycles. The van der Waals surface area contributed by atoms with E-state index in [0.29, 0.717) is 12.0 Å². The molecule has 0 radical (unpaired) electrons. The molecule has 1 saturated carbocycles. The standard InChI is InChI=1S/C16H31N3O.2ClH/c1-16(2,3)6-7-18-8-10-19(11-9-18)15(20)13-17-12-14-4-5-14;;/h14,17H,4-13H2,1-3H3;2*1H. The van der Waals surface area contributed by atoms with Gasteiger partial charge in [-0.3, -0.25) is 9.69 Å². The Hall–Kier alpha value is -0.0300. The molecule has 1 saturated heterocycles. The van der Waals surface area contributed by atoms with Gasteiger partial charge in [0, 0.05) is 26.2 Å². The Labute approximate surface area is 148 Å². The SMILES string of the molecule is CC(C)(C)CCN1CCN(C(=O)CNCC2CC2)CC1.Cl.Cl. The molecule has 2 fully saturated rings. The van der Waals surface area contributed by atoms with E-state index in [1.54, 1.807) is 0 Å². The van der Waals surface area contributed by atoms with Gasteiger partial charge in [0.1, 0.15) is 0 Å². The van der Waals surface area contributed by atoms with E-state index >= 15 is 0 Å².